The second kappa shape index (κ2) is 4.73. The van der Waals surface area contributed by atoms with Crippen LogP contribution in [0.5, 0.6) is 0 Å². The van der Waals surface area contributed by atoms with Gasteiger partial charge in [-0.15, -0.1) is 0 Å². The summed E-state index contributed by atoms with van der Waals surface area (Å²) >= 11 is 0. The Labute approximate surface area is 90.4 Å². The third-order valence-corrected chi connectivity index (χ3v) is 1.98. The molecule has 0 saturated carbocycles. The lowest BCUT2D eigenvalue weighted by molar-refractivity contribution is -0.139. The maximum absolute atomic E-state index is 12.3. The van der Waals surface area contributed by atoms with E-state index in [2.05, 4.69) is 9.72 Å². The number of methoxy groups -OCH3 is 1. The number of alkyl halides is 2. The van der Waals surface area contributed by atoms with E-state index in [-0.39, 0.29) is 23.5 Å². The molecule has 0 aliphatic heterocycles. The molecule has 1 aromatic heterocycles. The third-order valence-electron chi connectivity index (χ3n) is 1.98. The Morgan fingerprint density at radius 3 is 2.62 bits per heavy atom. The molecule has 0 aliphatic rings. The van der Waals surface area contributed by atoms with Crippen LogP contribution in [0.15, 0.2) is 6.07 Å². The van der Waals surface area contributed by atoms with E-state index in [1.807, 2.05) is 0 Å². The first kappa shape index (κ1) is 12.2. The van der Waals surface area contributed by atoms with E-state index in [1.165, 1.54) is 7.11 Å². The van der Waals surface area contributed by atoms with Gasteiger partial charge in [-0.05, 0) is 6.07 Å². The summed E-state index contributed by atoms with van der Waals surface area (Å²) in [6.45, 7) is 0. The van der Waals surface area contributed by atoms with E-state index < -0.39 is 18.1 Å². The summed E-state index contributed by atoms with van der Waals surface area (Å²) in [4.78, 5) is 14.5. The number of aromatic nitrogens is 1. The lowest BCUT2D eigenvalue weighted by atomic mass is 10.1. The smallest absolute Gasteiger partial charge is 0.310 e. The molecule has 88 valence electrons. The minimum Gasteiger partial charge on any atom is -0.469 e. The van der Waals surface area contributed by atoms with Crippen LogP contribution in [0.2, 0.25) is 0 Å². The van der Waals surface area contributed by atoms with Crippen molar-refractivity contribution < 1.29 is 18.3 Å². The number of carbonyl (C=O) groups is 1. The average Bonchev–Trinajstić information content (AvgIpc) is 2.22. The lowest BCUT2D eigenvalue weighted by Crippen LogP contribution is -2.11. The molecule has 0 radical (unpaired) electrons. The first-order valence-electron chi connectivity index (χ1n) is 4.35. The highest BCUT2D eigenvalue weighted by Gasteiger charge is 2.16. The maximum atomic E-state index is 12.3. The van der Waals surface area contributed by atoms with Crippen molar-refractivity contribution in [1.82, 2.24) is 4.98 Å². The molecule has 0 fully saturated rings. The van der Waals surface area contributed by atoms with Crippen LogP contribution in [0.25, 0.3) is 0 Å². The second-order valence-corrected chi connectivity index (χ2v) is 3.05. The van der Waals surface area contributed by atoms with Crippen molar-refractivity contribution in [2.45, 2.75) is 12.8 Å². The van der Waals surface area contributed by atoms with Crippen LogP contribution >= 0.6 is 0 Å². The van der Waals surface area contributed by atoms with E-state index in [1.54, 1.807) is 0 Å². The SMILES string of the molecule is COC(=O)Cc1c(N)cc(C(F)F)nc1N. The Morgan fingerprint density at radius 1 is 1.56 bits per heavy atom. The molecule has 16 heavy (non-hydrogen) atoms. The van der Waals surface area contributed by atoms with E-state index in [0.29, 0.717) is 0 Å². The fourth-order valence-corrected chi connectivity index (χ4v) is 1.15. The Morgan fingerprint density at radius 2 is 2.19 bits per heavy atom. The fraction of sp³-hybridized carbons (Fsp3) is 0.333. The number of esters is 1. The van der Waals surface area contributed by atoms with Crippen LogP contribution < -0.4 is 11.5 Å². The quantitative estimate of drug-likeness (QED) is 0.754. The van der Waals surface area contributed by atoms with Gasteiger partial charge in [0.2, 0.25) is 0 Å². The van der Waals surface area contributed by atoms with Crippen molar-refractivity contribution in [2.24, 2.45) is 0 Å². The monoisotopic (exact) mass is 231 g/mol. The number of nitrogens with zero attached hydrogens (tertiary/aromatic N) is 1. The summed E-state index contributed by atoms with van der Waals surface area (Å²) in [7, 11) is 1.20. The summed E-state index contributed by atoms with van der Waals surface area (Å²) in [5.41, 5.74) is 10.6. The van der Waals surface area contributed by atoms with Crippen LogP contribution in [0.4, 0.5) is 20.3 Å². The predicted octanol–water partition coefficient (Wildman–Crippen LogP) is 0.899. The van der Waals surface area contributed by atoms with Gasteiger partial charge in [-0.25, -0.2) is 13.8 Å². The molecule has 0 saturated heterocycles. The first-order chi connectivity index (χ1) is 7.45. The number of nitrogens with two attached hydrogens (primary N) is 2. The molecule has 0 atom stereocenters. The standard InChI is InChI=1S/C9H11F2N3O2/c1-16-7(15)2-4-5(12)3-6(8(10)11)14-9(4)13/h3,8H,2H2,1H3,(H4,12,13,14). The van der Waals surface area contributed by atoms with Gasteiger partial charge in [0, 0.05) is 11.3 Å². The van der Waals surface area contributed by atoms with Crippen molar-refractivity contribution in [3.8, 4) is 0 Å². The highest BCUT2D eigenvalue weighted by Crippen LogP contribution is 2.25. The summed E-state index contributed by atoms with van der Waals surface area (Å²) in [5.74, 6) is -0.745. The molecule has 0 amide bonds. The molecule has 7 heteroatoms. The number of carbonyl (C=O) groups excluding carboxylic acids is 1. The number of hydrogen-bond acceptors (Lipinski definition) is 5. The molecule has 0 unspecified atom stereocenters. The molecule has 0 spiro atoms. The summed E-state index contributed by atoms with van der Waals surface area (Å²) < 4.78 is 29.1. The molecule has 0 bridgehead atoms. The number of nitrogen functional groups attached to an aromatic ring is 2. The average molecular weight is 231 g/mol. The van der Waals surface area contributed by atoms with Crippen LogP contribution in [0.1, 0.15) is 17.7 Å². The van der Waals surface area contributed by atoms with Gasteiger partial charge in [-0.3, -0.25) is 4.79 Å². The third kappa shape index (κ3) is 2.56. The van der Waals surface area contributed by atoms with E-state index >= 15 is 0 Å². The maximum Gasteiger partial charge on any atom is 0.310 e. The van der Waals surface area contributed by atoms with Crippen molar-refractivity contribution in [1.29, 1.82) is 0 Å². The molecular formula is C9H11F2N3O2. The predicted molar refractivity (Wildman–Crippen MR) is 53.7 cm³/mol. The summed E-state index contributed by atoms with van der Waals surface area (Å²) in [5, 5.41) is 0. The minimum absolute atomic E-state index is 0.00759. The zero-order valence-electron chi connectivity index (χ0n) is 8.54. The number of ether oxygens (including phenoxy) is 1. The van der Waals surface area contributed by atoms with Gasteiger partial charge in [0.15, 0.2) is 0 Å². The molecule has 0 aliphatic carbocycles. The Balaban J connectivity index is 3.07. The minimum atomic E-state index is -2.75. The molecule has 5 nitrogen and oxygen atoms in total. The van der Waals surface area contributed by atoms with E-state index in [4.69, 9.17) is 11.5 Å². The number of anilines is 2. The summed E-state index contributed by atoms with van der Waals surface area (Å²) in [6.07, 6.45) is -2.94. The van der Waals surface area contributed by atoms with Gasteiger partial charge in [-0.2, -0.15) is 0 Å². The Bertz CT molecular complexity index is 387. The molecule has 1 rings (SSSR count). The largest absolute Gasteiger partial charge is 0.469 e. The summed E-state index contributed by atoms with van der Waals surface area (Å²) in [6, 6.07) is 0.999. The Hall–Kier alpha value is -1.92. The van der Waals surface area contributed by atoms with Crippen molar-refractivity contribution in [3.05, 3.63) is 17.3 Å². The fourth-order valence-electron chi connectivity index (χ4n) is 1.15. The Kier molecular flexibility index (Phi) is 3.60. The van der Waals surface area contributed by atoms with Crippen LogP contribution in [0.3, 0.4) is 0 Å². The lowest BCUT2D eigenvalue weighted by Gasteiger charge is -2.09. The highest BCUT2D eigenvalue weighted by molar-refractivity contribution is 5.77. The van der Waals surface area contributed by atoms with Crippen LogP contribution in [0, 0.1) is 0 Å². The highest BCUT2D eigenvalue weighted by atomic mass is 19.3. The second-order valence-electron chi connectivity index (χ2n) is 3.05. The topological polar surface area (TPSA) is 91.2 Å². The zero-order valence-corrected chi connectivity index (χ0v) is 8.54. The number of halogens is 2. The molecule has 1 heterocycles. The van der Waals surface area contributed by atoms with Gasteiger partial charge in [-0.1, -0.05) is 0 Å². The van der Waals surface area contributed by atoms with Crippen molar-refractivity contribution in [2.75, 3.05) is 18.6 Å². The first-order valence-corrected chi connectivity index (χ1v) is 4.35. The zero-order chi connectivity index (χ0) is 12.3. The number of rotatable bonds is 3. The van der Waals surface area contributed by atoms with Crippen LogP contribution in [-0.4, -0.2) is 18.1 Å². The molecular weight excluding hydrogens is 220 g/mol. The molecule has 0 aromatic carbocycles. The van der Waals surface area contributed by atoms with Gasteiger partial charge < -0.3 is 16.2 Å². The van der Waals surface area contributed by atoms with Gasteiger partial charge in [0.05, 0.1) is 13.5 Å². The van der Waals surface area contributed by atoms with Crippen LogP contribution in [-0.2, 0) is 16.0 Å². The van der Waals surface area contributed by atoms with E-state index in [9.17, 15) is 13.6 Å². The molecule has 4 N–H and O–H groups in total. The van der Waals surface area contributed by atoms with Crippen molar-refractivity contribution >= 4 is 17.5 Å². The van der Waals surface area contributed by atoms with Gasteiger partial charge >= 0.3 is 5.97 Å². The van der Waals surface area contributed by atoms with Gasteiger partial charge in [0.1, 0.15) is 11.5 Å². The molecule has 1 aromatic rings. The van der Waals surface area contributed by atoms with Gasteiger partial charge in [0.25, 0.3) is 6.43 Å². The number of hydrogen-bond donors (Lipinski definition) is 2. The van der Waals surface area contributed by atoms with E-state index in [0.717, 1.165) is 6.07 Å². The van der Waals surface area contributed by atoms with Crippen molar-refractivity contribution in [3.63, 3.8) is 0 Å². The normalized spacial score (nSPS) is 10.5. The number of pyridine rings is 1.